The van der Waals surface area contributed by atoms with Crippen molar-refractivity contribution in [3.8, 4) is 0 Å². The van der Waals surface area contributed by atoms with Crippen LogP contribution in [0.1, 0.15) is 72.1 Å². The largest absolute Gasteiger partial charge is 0.389 e. The van der Waals surface area contributed by atoms with Crippen LogP contribution >= 0.6 is 0 Å². The van der Waals surface area contributed by atoms with Crippen molar-refractivity contribution < 1.29 is 0 Å². The van der Waals surface area contributed by atoms with Crippen molar-refractivity contribution in [3.63, 3.8) is 0 Å². The average molecular weight is 211 g/mol. The Morgan fingerprint density at radius 3 is 2.13 bits per heavy atom. The van der Waals surface area contributed by atoms with Crippen LogP contribution in [0.15, 0.2) is 12.3 Å². The molecule has 0 aromatic heterocycles. The van der Waals surface area contributed by atoms with Crippen molar-refractivity contribution in [2.24, 2.45) is 0 Å². The Kier molecular flexibility index (Phi) is 11.3. The number of rotatable bonds is 10. The Morgan fingerprint density at radius 2 is 1.53 bits per heavy atom. The zero-order valence-corrected chi connectivity index (χ0v) is 10.9. The predicted octanol–water partition coefficient (Wildman–Crippen LogP) is 4.64. The standard InChI is InChI=1S/C14H29N/c1-4-5-6-7-8-9-10-11-12-13-15-14(2)3/h12-15H,4-11H2,1-3H3. The van der Waals surface area contributed by atoms with Crippen molar-refractivity contribution in [2.45, 2.75) is 78.2 Å². The van der Waals surface area contributed by atoms with Crippen LogP contribution in [0, 0.1) is 0 Å². The average Bonchev–Trinajstić information content (AvgIpc) is 2.20. The first kappa shape index (κ1) is 14.5. The van der Waals surface area contributed by atoms with E-state index < -0.39 is 0 Å². The lowest BCUT2D eigenvalue weighted by atomic mass is 10.1. The first-order valence-corrected chi connectivity index (χ1v) is 6.68. The van der Waals surface area contributed by atoms with E-state index in [0.29, 0.717) is 6.04 Å². The minimum absolute atomic E-state index is 0.565. The molecule has 0 aliphatic rings. The minimum atomic E-state index is 0.565. The maximum Gasteiger partial charge on any atom is 0.0199 e. The molecule has 0 saturated carbocycles. The smallest absolute Gasteiger partial charge is 0.0199 e. The Bertz CT molecular complexity index is 138. The molecular formula is C14H29N. The summed E-state index contributed by atoms with van der Waals surface area (Å²) in [6.45, 7) is 6.60. The predicted molar refractivity (Wildman–Crippen MR) is 70.0 cm³/mol. The highest BCUT2D eigenvalue weighted by molar-refractivity contribution is 4.80. The number of hydrogen-bond donors (Lipinski definition) is 1. The summed E-state index contributed by atoms with van der Waals surface area (Å²) in [7, 11) is 0. The lowest BCUT2D eigenvalue weighted by Gasteiger charge is -2.02. The van der Waals surface area contributed by atoms with Gasteiger partial charge in [0.1, 0.15) is 0 Å². The molecule has 1 N–H and O–H groups in total. The first-order valence-electron chi connectivity index (χ1n) is 6.68. The van der Waals surface area contributed by atoms with E-state index in [2.05, 4.69) is 38.4 Å². The third-order valence-electron chi connectivity index (χ3n) is 2.52. The van der Waals surface area contributed by atoms with Crippen LogP contribution in [-0.2, 0) is 0 Å². The summed E-state index contributed by atoms with van der Waals surface area (Å²) in [6.07, 6.45) is 15.4. The van der Waals surface area contributed by atoms with Crippen molar-refractivity contribution in [3.05, 3.63) is 12.3 Å². The highest BCUT2D eigenvalue weighted by atomic mass is 14.9. The topological polar surface area (TPSA) is 12.0 Å². The Hall–Kier alpha value is -0.460. The van der Waals surface area contributed by atoms with Gasteiger partial charge in [-0.05, 0) is 32.9 Å². The van der Waals surface area contributed by atoms with Crippen LogP contribution in [0.5, 0.6) is 0 Å². The van der Waals surface area contributed by atoms with Gasteiger partial charge < -0.3 is 5.32 Å². The van der Waals surface area contributed by atoms with E-state index in [0.717, 1.165) is 0 Å². The summed E-state index contributed by atoms with van der Waals surface area (Å²) in [4.78, 5) is 0. The SMILES string of the molecule is CCCCCCCCCC=CNC(C)C. The van der Waals surface area contributed by atoms with Crippen LogP contribution in [0.4, 0.5) is 0 Å². The zero-order chi connectivity index (χ0) is 11.4. The van der Waals surface area contributed by atoms with E-state index in [1.807, 2.05) is 0 Å². The van der Waals surface area contributed by atoms with Gasteiger partial charge in [-0.25, -0.2) is 0 Å². The van der Waals surface area contributed by atoms with Gasteiger partial charge in [0.2, 0.25) is 0 Å². The summed E-state index contributed by atoms with van der Waals surface area (Å²) in [5.74, 6) is 0. The van der Waals surface area contributed by atoms with E-state index in [1.54, 1.807) is 0 Å². The third-order valence-corrected chi connectivity index (χ3v) is 2.52. The van der Waals surface area contributed by atoms with Gasteiger partial charge in [-0.1, -0.05) is 51.5 Å². The summed E-state index contributed by atoms with van der Waals surface area (Å²) in [6, 6.07) is 0.565. The molecule has 0 aromatic carbocycles. The summed E-state index contributed by atoms with van der Waals surface area (Å²) >= 11 is 0. The zero-order valence-electron chi connectivity index (χ0n) is 10.9. The van der Waals surface area contributed by atoms with E-state index in [9.17, 15) is 0 Å². The van der Waals surface area contributed by atoms with Crippen molar-refractivity contribution in [2.75, 3.05) is 0 Å². The van der Waals surface area contributed by atoms with Gasteiger partial charge in [0, 0.05) is 6.04 Å². The van der Waals surface area contributed by atoms with Gasteiger partial charge >= 0.3 is 0 Å². The quantitative estimate of drug-likeness (QED) is 0.519. The lowest BCUT2D eigenvalue weighted by molar-refractivity contribution is 0.591. The highest BCUT2D eigenvalue weighted by Gasteiger charge is 1.89. The molecule has 0 atom stereocenters. The first-order chi connectivity index (χ1) is 7.27. The number of allylic oxidation sites excluding steroid dienone is 1. The van der Waals surface area contributed by atoms with Crippen LogP contribution in [0.25, 0.3) is 0 Å². The van der Waals surface area contributed by atoms with Crippen molar-refractivity contribution >= 4 is 0 Å². The van der Waals surface area contributed by atoms with Gasteiger partial charge in [0.25, 0.3) is 0 Å². The van der Waals surface area contributed by atoms with Gasteiger partial charge in [0.05, 0.1) is 0 Å². The molecule has 0 heterocycles. The van der Waals surface area contributed by atoms with Gasteiger partial charge in [-0.2, -0.15) is 0 Å². The molecular weight excluding hydrogens is 182 g/mol. The summed E-state index contributed by atoms with van der Waals surface area (Å²) in [5.41, 5.74) is 0. The maximum absolute atomic E-state index is 3.28. The van der Waals surface area contributed by atoms with Crippen LogP contribution in [0.2, 0.25) is 0 Å². The Labute approximate surface area is 96.3 Å². The third kappa shape index (κ3) is 13.5. The molecule has 15 heavy (non-hydrogen) atoms. The molecule has 0 aliphatic carbocycles. The normalized spacial score (nSPS) is 11.5. The van der Waals surface area contributed by atoms with Crippen LogP contribution < -0.4 is 5.32 Å². The Morgan fingerprint density at radius 1 is 0.933 bits per heavy atom. The fourth-order valence-corrected chi connectivity index (χ4v) is 1.56. The molecule has 0 saturated heterocycles. The molecule has 90 valence electrons. The monoisotopic (exact) mass is 211 g/mol. The van der Waals surface area contributed by atoms with E-state index in [1.165, 1.54) is 51.4 Å². The summed E-state index contributed by atoms with van der Waals surface area (Å²) in [5, 5.41) is 3.28. The molecule has 0 aromatic rings. The second-order valence-corrected chi connectivity index (χ2v) is 4.63. The number of nitrogens with one attached hydrogen (secondary N) is 1. The number of hydrogen-bond acceptors (Lipinski definition) is 1. The molecule has 0 fully saturated rings. The second-order valence-electron chi connectivity index (χ2n) is 4.63. The molecule has 1 nitrogen and oxygen atoms in total. The van der Waals surface area contributed by atoms with E-state index in [4.69, 9.17) is 0 Å². The maximum atomic E-state index is 3.28. The molecule has 0 rings (SSSR count). The lowest BCUT2D eigenvalue weighted by Crippen LogP contribution is -2.14. The molecule has 0 spiro atoms. The molecule has 1 heteroatoms. The molecule has 0 bridgehead atoms. The molecule has 0 amide bonds. The Balaban J connectivity index is 3.01. The van der Waals surface area contributed by atoms with Gasteiger partial charge in [-0.3, -0.25) is 0 Å². The van der Waals surface area contributed by atoms with Gasteiger partial charge in [-0.15, -0.1) is 0 Å². The van der Waals surface area contributed by atoms with E-state index in [-0.39, 0.29) is 0 Å². The van der Waals surface area contributed by atoms with Crippen LogP contribution in [-0.4, -0.2) is 6.04 Å². The number of unbranched alkanes of at least 4 members (excludes halogenated alkanes) is 7. The fourth-order valence-electron chi connectivity index (χ4n) is 1.56. The van der Waals surface area contributed by atoms with Crippen LogP contribution in [0.3, 0.4) is 0 Å². The van der Waals surface area contributed by atoms with Crippen molar-refractivity contribution in [1.82, 2.24) is 5.32 Å². The highest BCUT2D eigenvalue weighted by Crippen LogP contribution is 2.08. The summed E-state index contributed by atoms with van der Waals surface area (Å²) < 4.78 is 0. The minimum Gasteiger partial charge on any atom is -0.389 e. The van der Waals surface area contributed by atoms with Crippen molar-refractivity contribution in [1.29, 1.82) is 0 Å². The molecule has 0 radical (unpaired) electrons. The fraction of sp³-hybridized carbons (Fsp3) is 0.857. The van der Waals surface area contributed by atoms with Gasteiger partial charge in [0.15, 0.2) is 0 Å². The van der Waals surface area contributed by atoms with E-state index >= 15 is 0 Å². The second kappa shape index (κ2) is 11.6. The molecule has 0 unspecified atom stereocenters. The molecule has 0 aliphatic heterocycles.